The number of hydrogen-bond acceptors (Lipinski definition) is 4. The van der Waals surface area contributed by atoms with E-state index in [2.05, 4.69) is 31.5 Å². The van der Waals surface area contributed by atoms with E-state index in [4.69, 9.17) is 5.73 Å². The summed E-state index contributed by atoms with van der Waals surface area (Å²) in [6, 6.07) is 11.8. The van der Waals surface area contributed by atoms with Crippen LogP contribution in [0.2, 0.25) is 0 Å². The van der Waals surface area contributed by atoms with Gasteiger partial charge < -0.3 is 5.73 Å². The van der Waals surface area contributed by atoms with E-state index in [-0.39, 0.29) is 0 Å². The Morgan fingerprint density at radius 3 is 2.67 bits per heavy atom. The van der Waals surface area contributed by atoms with Crippen molar-refractivity contribution in [3.63, 3.8) is 0 Å². The Bertz CT molecular complexity index is 810. The van der Waals surface area contributed by atoms with E-state index in [0.717, 1.165) is 21.3 Å². The third-order valence-electron chi connectivity index (χ3n) is 3.30. The van der Waals surface area contributed by atoms with Crippen LogP contribution in [0.25, 0.3) is 17.1 Å². The van der Waals surface area contributed by atoms with Gasteiger partial charge in [0.1, 0.15) is 0 Å². The van der Waals surface area contributed by atoms with Gasteiger partial charge >= 0.3 is 0 Å². The highest BCUT2D eigenvalue weighted by atomic mass is 79.9. The molecule has 0 spiro atoms. The molecule has 3 rings (SSSR count). The summed E-state index contributed by atoms with van der Waals surface area (Å²) in [7, 11) is 0. The van der Waals surface area contributed by atoms with Gasteiger partial charge in [-0.2, -0.15) is 4.68 Å². The van der Waals surface area contributed by atoms with Crippen LogP contribution in [0.4, 0.5) is 5.69 Å². The van der Waals surface area contributed by atoms with Gasteiger partial charge in [0.15, 0.2) is 5.82 Å². The van der Waals surface area contributed by atoms with Crippen LogP contribution in [0.15, 0.2) is 40.9 Å². The third-order valence-corrected chi connectivity index (χ3v) is 3.94. The van der Waals surface area contributed by atoms with Crippen molar-refractivity contribution in [2.75, 3.05) is 5.73 Å². The van der Waals surface area contributed by atoms with Crippen molar-refractivity contribution in [1.29, 1.82) is 0 Å². The molecule has 0 amide bonds. The molecule has 3 aromatic rings. The number of rotatable bonds is 2. The predicted molar refractivity (Wildman–Crippen MR) is 86.2 cm³/mol. The molecule has 21 heavy (non-hydrogen) atoms. The fourth-order valence-corrected chi connectivity index (χ4v) is 2.84. The second kappa shape index (κ2) is 5.29. The Balaban J connectivity index is 2.19. The molecular weight excluding hydrogens is 330 g/mol. The number of halogens is 1. The van der Waals surface area contributed by atoms with Crippen LogP contribution in [0.3, 0.4) is 0 Å². The van der Waals surface area contributed by atoms with Crippen LogP contribution in [0, 0.1) is 13.8 Å². The van der Waals surface area contributed by atoms with Gasteiger partial charge in [0.05, 0.1) is 5.69 Å². The van der Waals surface area contributed by atoms with Crippen LogP contribution < -0.4 is 5.73 Å². The molecule has 0 atom stereocenters. The summed E-state index contributed by atoms with van der Waals surface area (Å²) >= 11 is 3.57. The van der Waals surface area contributed by atoms with Gasteiger partial charge in [-0.1, -0.05) is 12.1 Å². The number of nitrogens with two attached hydrogens (primary N) is 1. The van der Waals surface area contributed by atoms with Gasteiger partial charge in [-0.15, -0.1) is 5.10 Å². The molecule has 5 nitrogen and oxygen atoms in total. The highest BCUT2D eigenvalue weighted by Crippen LogP contribution is 2.28. The second-order valence-electron chi connectivity index (χ2n) is 4.94. The predicted octanol–water partition coefficient (Wildman–Crippen LogP) is 3.29. The highest BCUT2D eigenvalue weighted by Gasteiger charge is 2.15. The average molecular weight is 344 g/mol. The zero-order valence-corrected chi connectivity index (χ0v) is 13.3. The summed E-state index contributed by atoms with van der Waals surface area (Å²) in [6.07, 6.45) is 0. The smallest absolute Gasteiger partial charge is 0.187 e. The Morgan fingerprint density at radius 1 is 1.10 bits per heavy atom. The number of tetrazole rings is 1. The largest absolute Gasteiger partial charge is 0.399 e. The highest BCUT2D eigenvalue weighted by molar-refractivity contribution is 9.10. The topological polar surface area (TPSA) is 69.6 Å². The lowest BCUT2D eigenvalue weighted by Crippen LogP contribution is -2.02. The number of nitrogen functional groups attached to an aromatic ring is 1. The third kappa shape index (κ3) is 2.54. The van der Waals surface area contributed by atoms with Gasteiger partial charge in [-0.05, 0) is 75.6 Å². The molecule has 1 aromatic heterocycles. The molecule has 6 heteroatoms. The monoisotopic (exact) mass is 343 g/mol. The van der Waals surface area contributed by atoms with Crippen LogP contribution in [0.5, 0.6) is 0 Å². The molecule has 0 aliphatic rings. The molecule has 0 unspecified atom stereocenters. The summed E-state index contributed by atoms with van der Waals surface area (Å²) < 4.78 is 2.66. The van der Waals surface area contributed by atoms with Crippen LogP contribution >= 0.6 is 15.9 Å². The minimum atomic E-state index is 0.671. The minimum Gasteiger partial charge on any atom is -0.399 e. The zero-order chi connectivity index (χ0) is 15.0. The van der Waals surface area contributed by atoms with Gasteiger partial charge in [0.25, 0.3) is 0 Å². The van der Waals surface area contributed by atoms with Crippen LogP contribution in [0.1, 0.15) is 11.1 Å². The Hall–Kier alpha value is -2.21. The van der Waals surface area contributed by atoms with Crippen molar-refractivity contribution < 1.29 is 0 Å². The minimum absolute atomic E-state index is 0.671. The van der Waals surface area contributed by atoms with Crippen molar-refractivity contribution in [3.05, 3.63) is 52.0 Å². The molecular formula is C15H14BrN5. The zero-order valence-electron chi connectivity index (χ0n) is 11.7. The normalized spacial score (nSPS) is 10.8. The first-order valence-corrected chi connectivity index (χ1v) is 7.27. The molecule has 0 saturated heterocycles. The lowest BCUT2D eigenvalue weighted by atomic mass is 10.1. The summed E-state index contributed by atoms with van der Waals surface area (Å²) in [5.74, 6) is 0.671. The fraction of sp³-hybridized carbons (Fsp3) is 0.133. The Morgan fingerprint density at radius 2 is 1.90 bits per heavy atom. The molecule has 2 N–H and O–H groups in total. The van der Waals surface area contributed by atoms with Crippen molar-refractivity contribution in [3.8, 4) is 17.1 Å². The number of anilines is 1. The average Bonchev–Trinajstić information content (AvgIpc) is 2.90. The molecule has 106 valence electrons. The first-order chi connectivity index (χ1) is 10.1. The molecule has 0 aliphatic heterocycles. The summed E-state index contributed by atoms with van der Waals surface area (Å²) in [6.45, 7) is 4.05. The number of aromatic nitrogens is 4. The summed E-state index contributed by atoms with van der Waals surface area (Å²) in [4.78, 5) is 0. The van der Waals surface area contributed by atoms with E-state index in [9.17, 15) is 0 Å². The van der Waals surface area contributed by atoms with E-state index >= 15 is 0 Å². The lowest BCUT2D eigenvalue weighted by Gasteiger charge is -2.10. The first kappa shape index (κ1) is 13.8. The molecule has 0 aliphatic carbocycles. The maximum absolute atomic E-state index is 5.88. The second-order valence-corrected chi connectivity index (χ2v) is 5.80. The number of hydrogen-bond donors (Lipinski definition) is 1. The van der Waals surface area contributed by atoms with E-state index < -0.39 is 0 Å². The standard InChI is InChI=1S/C15H14BrN5/c1-9-3-6-14(13(16)7-9)21-15(18-19-20-21)12-8-11(17)5-4-10(12)2/h3-8H,17H2,1-2H3. The van der Waals surface area contributed by atoms with Crippen molar-refractivity contribution in [2.45, 2.75) is 13.8 Å². The molecule has 0 saturated carbocycles. The Kier molecular flexibility index (Phi) is 3.47. The van der Waals surface area contributed by atoms with Crippen LogP contribution in [-0.4, -0.2) is 20.2 Å². The number of benzene rings is 2. The summed E-state index contributed by atoms with van der Waals surface area (Å²) in [5, 5.41) is 12.1. The fourth-order valence-electron chi connectivity index (χ4n) is 2.18. The van der Waals surface area contributed by atoms with Gasteiger partial charge in [0.2, 0.25) is 0 Å². The molecule has 0 bridgehead atoms. The Labute approximate surface area is 130 Å². The van der Waals surface area contributed by atoms with Gasteiger partial charge in [-0.3, -0.25) is 0 Å². The van der Waals surface area contributed by atoms with E-state index in [1.54, 1.807) is 4.68 Å². The molecule has 2 aromatic carbocycles. The van der Waals surface area contributed by atoms with E-state index in [1.807, 2.05) is 50.2 Å². The van der Waals surface area contributed by atoms with Gasteiger partial charge in [-0.25, -0.2) is 0 Å². The van der Waals surface area contributed by atoms with Crippen molar-refractivity contribution in [1.82, 2.24) is 20.2 Å². The molecule has 0 radical (unpaired) electrons. The number of nitrogens with zero attached hydrogens (tertiary/aromatic N) is 4. The quantitative estimate of drug-likeness (QED) is 0.725. The van der Waals surface area contributed by atoms with Crippen LogP contribution in [-0.2, 0) is 0 Å². The maximum Gasteiger partial charge on any atom is 0.187 e. The lowest BCUT2D eigenvalue weighted by molar-refractivity contribution is 0.788. The van der Waals surface area contributed by atoms with E-state index in [1.165, 1.54) is 5.56 Å². The maximum atomic E-state index is 5.88. The number of aryl methyl sites for hydroxylation is 2. The van der Waals surface area contributed by atoms with E-state index in [0.29, 0.717) is 11.5 Å². The van der Waals surface area contributed by atoms with Crippen molar-refractivity contribution in [2.24, 2.45) is 0 Å². The molecule has 1 heterocycles. The summed E-state index contributed by atoms with van der Waals surface area (Å²) in [5.41, 5.74) is 10.6. The SMILES string of the molecule is Cc1ccc(-n2nnnc2-c2cc(N)ccc2C)c(Br)c1. The van der Waals surface area contributed by atoms with Crippen molar-refractivity contribution >= 4 is 21.6 Å². The van der Waals surface area contributed by atoms with Gasteiger partial charge in [0, 0.05) is 15.7 Å². The first-order valence-electron chi connectivity index (χ1n) is 6.47. The molecule has 0 fully saturated rings.